The second kappa shape index (κ2) is 4.97. The molecule has 1 N–H and O–H groups in total. The van der Waals surface area contributed by atoms with E-state index in [0.717, 1.165) is 18.4 Å². The summed E-state index contributed by atoms with van der Waals surface area (Å²) < 4.78 is 0. The zero-order valence-electron chi connectivity index (χ0n) is 9.16. The molecule has 0 heterocycles. The first-order chi connectivity index (χ1) is 6.15. The first-order valence-corrected chi connectivity index (χ1v) is 5.46. The highest BCUT2D eigenvalue weighted by Gasteiger charge is 2.26. The maximum atomic E-state index is 8.84. The lowest BCUT2D eigenvalue weighted by Gasteiger charge is -2.37. The van der Waals surface area contributed by atoms with Crippen LogP contribution in [0.25, 0.3) is 0 Å². The van der Waals surface area contributed by atoms with Gasteiger partial charge in [0.25, 0.3) is 0 Å². The minimum absolute atomic E-state index is 0.289. The first-order valence-electron chi connectivity index (χ1n) is 5.46. The summed E-state index contributed by atoms with van der Waals surface area (Å²) in [6, 6.07) is 0.707. The number of aliphatic hydroxyl groups is 1. The lowest BCUT2D eigenvalue weighted by Crippen LogP contribution is -2.39. The zero-order chi connectivity index (χ0) is 9.84. The summed E-state index contributed by atoms with van der Waals surface area (Å²) in [5, 5.41) is 8.84. The SMILES string of the molecule is CC1CCC(N(C)CCO)CC1C. The molecule has 1 aliphatic carbocycles. The van der Waals surface area contributed by atoms with E-state index < -0.39 is 0 Å². The molecule has 0 aromatic heterocycles. The Hall–Kier alpha value is -0.0800. The summed E-state index contributed by atoms with van der Waals surface area (Å²) in [7, 11) is 2.13. The second-order valence-electron chi connectivity index (χ2n) is 4.63. The van der Waals surface area contributed by atoms with Crippen molar-refractivity contribution in [1.82, 2.24) is 4.90 Å². The summed E-state index contributed by atoms with van der Waals surface area (Å²) in [5.41, 5.74) is 0. The highest BCUT2D eigenvalue weighted by Crippen LogP contribution is 2.31. The van der Waals surface area contributed by atoms with Crippen LogP contribution >= 0.6 is 0 Å². The molecule has 0 aromatic carbocycles. The molecule has 0 saturated heterocycles. The Labute approximate surface area is 81.9 Å². The van der Waals surface area contributed by atoms with Gasteiger partial charge in [-0.2, -0.15) is 0 Å². The van der Waals surface area contributed by atoms with E-state index in [4.69, 9.17) is 5.11 Å². The maximum absolute atomic E-state index is 8.84. The van der Waals surface area contributed by atoms with Gasteiger partial charge >= 0.3 is 0 Å². The topological polar surface area (TPSA) is 23.5 Å². The average Bonchev–Trinajstić information content (AvgIpc) is 2.10. The summed E-state index contributed by atoms with van der Waals surface area (Å²) >= 11 is 0. The molecule has 2 heteroatoms. The van der Waals surface area contributed by atoms with Crippen LogP contribution in [-0.4, -0.2) is 36.2 Å². The summed E-state index contributed by atoms with van der Waals surface area (Å²) in [4.78, 5) is 2.31. The first kappa shape index (κ1) is 11.0. The molecule has 3 unspecified atom stereocenters. The number of rotatable bonds is 3. The minimum Gasteiger partial charge on any atom is -0.395 e. The fourth-order valence-electron chi connectivity index (χ4n) is 2.26. The third-order valence-electron chi connectivity index (χ3n) is 3.65. The van der Waals surface area contributed by atoms with Crippen molar-refractivity contribution in [3.8, 4) is 0 Å². The summed E-state index contributed by atoms with van der Waals surface area (Å²) in [5.74, 6) is 1.73. The van der Waals surface area contributed by atoms with Gasteiger partial charge < -0.3 is 10.0 Å². The molecular formula is C11H23NO. The predicted molar refractivity (Wildman–Crippen MR) is 55.7 cm³/mol. The average molecular weight is 185 g/mol. The van der Waals surface area contributed by atoms with E-state index in [1.165, 1.54) is 19.3 Å². The van der Waals surface area contributed by atoms with Crippen molar-refractivity contribution in [1.29, 1.82) is 0 Å². The highest BCUT2D eigenvalue weighted by molar-refractivity contribution is 4.80. The van der Waals surface area contributed by atoms with Crippen molar-refractivity contribution in [2.24, 2.45) is 11.8 Å². The van der Waals surface area contributed by atoms with Gasteiger partial charge in [0.15, 0.2) is 0 Å². The van der Waals surface area contributed by atoms with Gasteiger partial charge in [-0.3, -0.25) is 0 Å². The van der Waals surface area contributed by atoms with Gasteiger partial charge in [-0.05, 0) is 38.1 Å². The Morgan fingerprint density at radius 2 is 1.92 bits per heavy atom. The fourth-order valence-corrected chi connectivity index (χ4v) is 2.26. The molecule has 3 atom stereocenters. The molecule has 1 saturated carbocycles. The smallest absolute Gasteiger partial charge is 0.0558 e. The number of nitrogens with zero attached hydrogens (tertiary/aromatic N) is 1. The van der Waals surface area contributed by atoms with E-state index in [1.807, 2.05) is 0 Å². The lowest BCUT2D eigenvalue weighted by atomic mass is 9.79. The van der Waals surface area contributed by atoms with Gasteiger partial charge in [0.05, 0.1) is 6.61 Å². The molecular weight excluding hydrogens is 162 g/mol. The van der Waals surface area contributed by atoms with Gasteiger partial charge in [0.2, 0.25) is 0 Å². The van der Waals surface area contributed by atoms with Crippen molar-refractivity contribution in [3.05, 3.63) is 0 Å². The van der Waals surface area contributed by atoms with Crippen LogP contribution in [-0.2, 0) is 0 Å². The number of likely N-dealkylation sites (N-methyl/N-ethyl adjacent to an activating group) is 1. The third kappa shape index (κ3) is 2.96. The highest BCUT2D eigenvalue weighted by atomic mass is 16.3. The van der Waals surface area contributed by atoms with Gasteiger partial charge in [-0.1, -0.05) is 13.8 Å². The van der Waals surface area contributed by atoms with Crippen LogP contribution < -0.4 is 0 Å². The Morgan fingerprint density at radius 1 is 1.23 bits per heavy atom. The molecule has 0 amide bonds. The molecule has 0 aromatic rings. The van der Waals surface area contributed by atoms with E-state index in [-0.39, 0.29) is 6.61 Å². The van der Waals surface area contributed by atoms with Crippen molar-refractivity contribution < 1.29 is 5.11 Å². The van der Waals surface area contributed by atoms with Gasteiger partial charge in [-0.25, -0.2) is 0 Å². The molecule has 0 spiro atoms. The maximum Gasteiger partial charge on any atom is 0.0558 e. The molecule has 1 aliphatic rings. The van der Waals surface area contributed by atoms with E-state index >= 15 is 0 Å². The van der Waals surface area contributed by atoms with Crippen molar-refractivity contribution in [2.75, 3.05) is 20.2 Å². The predicted octanol–water partition coefficient (Wildman–Crippen LogP) is 1.74. The normalized spacial score (nSPS) is 35.3. The van der Waals surface area contributed by atoms with Gasteiger partial charge in [-0.15, -0.1) is 0 Å². The Kier molecular flexibility index (Phi) is 4.20. The van der Waals surface area contributed by atoms with Crippen molar-refractivity contribution in [3.63, 3.8) is 0 Å². The molecule has 2 nitrogen and oxygen atoms in total. The van der Waals surface area contributed by atoms with Crippen LogP contribution in [0.15, 0.2) is 0 Å². The van der Waals surface area contributed by atoms with Crippen LogP contribution in [0.3, 0.4) is 0 Å². The monoisotopic (exact) mass is 185 g/mol. The van der Waals surface area contributed by atoms with Crippen LogP contribution in [0, 0.1) is 11.8 Å². The molecule has 0 radical (unpaired) electrons. The zero-order valence-corrected chi connectivity index (χ0v) is 9.16. The minimum atomic E-state index is 0.289. The quantitative estimate of drug-likeness (QED) is 0.724. The van der Waals surface area contributed by atoms with E-state index in [0.29, 0.717) is 6.04 Å². The fraction of sp³-hybridized carbons (Fsp3) is 1.00. The number of hydrogen-bond donors (Lipinski definition) is 1. The summed E-state index contributed by atoms with van der Waals surface area (Å²) in [6.45, 7) is 5.82. The molecule has 1 fully saturated rings. The Morgan fingerprint density at radius 3 is 2.46 bits per heavy atom. The van der Waals surface area contributed by atoms with Crippen molar-refractivity contribution in [2.45, 2.75) is 39.2 Å². The van der Waals surface area contributed by atoms with Crippen LogP contribution in [0.1, 0.15) is 33.1 Å². The Balaban J connectivity index is 2.36. The van der Waals surface area contributed by atoms with Crippen LogP contribution in [0.4, 0.5) is 0 Å². The van der Waals surface area contributed by atoms with E-state index in [1.54, 1.807) is 0 Å². The van der Waals surface area contributed by atoms with Crippen LogP contribution in [0.5, 0.6) is 0 Å². The number of aliphatic hydroxyl groups excluding tert-OH is 1. The molecule has 78 valence electrons. The van der Waals surface area contributed by atoms with Crippen molar-refractivity contribution >= 4 is 0 Å². The lowest BCUT2D eigenvalue weighted by molar-refractivity contribution is 0.112. The molecule has 1 rings (SSSR count). The Bertz CT molecular complexity index is 149. The molecule has 13 heavy (non-hydrogen) atoms. The third-order valence-corrected chi connectivity index (χ3v) is 3.65. The standard InChI is InChI=1S/C11H23NO/c1-9-4-5-11(8-10(9)2)12(3)6-7-13/h9-11,13H,4-8H2,1-3H3. The second-order valence-corrected chi connectivity index (χ2v) is 4.63. The summed E-state index contributed by atoms with van der Waals surface area (Å²) in [6.07, 6.45) is 3.96. The van der Waals surface area contributed by atoms with Crippen LogP contribution in [0.2, 0.25) is 0 Å². The van der Waals surface area contributed by atoms with Gasteiger partial charge in [0, 0.05) is 12.6 Å². The molecule has 0 bridgehead atoms. The van der Waals surface area contributed by atoms with E-state index in [9.17, 15) is 0 Å². The van der Waals surface area contributed by atoms with E-state index in [2.05, 4.69) is 25.8 Å². The molecule has 0 aliphatic heterocycles. The number of hydrogen-bond acceptors (Lipinski definition) is 2. The largest absolute Gasteiger partial charge is 0.395 e. The van der Waals surface area contributed by atoms with Gasteiger partial charge in [0.1, 0.15) is 0 Å².